The van der Waals surface area contributed by atoms with Crippen molar-refractivity contribution in [2.45, 2.75) is 57.2 Å². The van der Waals surface area contributed by atoms with Crippen molar-refractivity contribution < 1.29 is 9.90 Å². The van der Waals surface area contributed by atoms with E-state index in [1.807, 2.05) is 4.90 Å². The van der Waals surface area contributed by atoms with Crippen molar-refractivity contribution in [3.63, 3.8) is 0 Å². The van der Waals surface area contributed by atoms with E-state index in [2.05, 4.69) is 0 Å². The molecule has 2 unspecified atom stereocenters. The van der Waals surface area contributed by atoms with E-state index >= 15 is 0 Å². The highest BCUT2D eigenvalue weighted by Crippen LogP contribution is 2.25. The second-order valence-electron chi connectivity index (χ2n) is 4.44. The Kier molecular flexibility index (Phi) is 3.19. The van der Waals surface area contributed by atoms with Gasteiger partial charge in [0.25, 0.3) is 0 Å². The van der Waals surface area contributed by atoms with Crippen LogP contribution in [0, 0.1) is 0 Å². The number of carbonyl (C=O) groups excluding carboxylic acids is 1. The summed E-state index contributed by atoms with van der Waals surface area (Å²) in [6, 6.07) is 0.0269. The molecule has 2 atom stereocenters. The van der Waals surface area contributed by atoms with Gasteiger partial charge in [-0.1, -0.05) is 6.42 Å². The maximum atomic E-state index is 11.7. The van der Waals surface area contributed by atoms with Gasteiger partial charge >= 0.3 is 0 Å². The van der Waals surface area contributed by atoms with Gasteiger partial charge < -0.3 is 5.11 Å². The number of likely N-dealkylation sites (tertiary alicyclic amines) is 1. The second kappa shape index (κ2) is 4.41. The van der Waals surface area contributed by atoms with Gasteiger partial charge in [-0.3, -0.25) is 9.69 Å². The highest BCUT2D eigenvalue weighted by atomic mass is 16.3. The summed E-state index contributed by atoms with van der Waals surface area (Å²) in [5, 5.41) is 9.81. The molecule has 0 amide bonds. The number of nitrogens with zero attached hydrogens (tertiary/aromatic N) is 1. The Bertz CT molecular complexity index is 217. The van der Waals surface area contributed by atoms with Gasteiger partial charge in [-0.2, -0.15) is 0 Å². The number of ketones is 1. The summed E-state index contributed by atoms with van der Waals surface area (Å²) in [7, 11) is 0. The van der Waals surface area contributed by atoms with Crippen molar-refractivity contribution in [3.05, 3.63) is 0 Å². The Morgan fingerprint density at radius 1 is 1.14 bits per heavy atom. The summed E-state index contributed by atoms with van der Waals surface area (Å²) in [5.41, 5.74) is 0. The fraction of sp³-hybridized carbons (Fsp3) is 0.909. The predicted octanol–water partition coefficient (Wildman–Crippen LogP) is 1.30. The molecule has 3 nitrogen and oxygen atoms in total. The topological polar surface area (TPSA) is 40.5 Å². The molecule has 1 saturated heterocycles. The van der Waals surface area contributed by atoms with Crippen LogP contribution in [0.2, 0.25) is 0 Å². The SMILES string of the molecule is O=C1CCCCC1N1CCCCC1O. The van der Waals surface area contributed by atoms with Gasteiger partial charge in [-0.25, -0.2) is 0 Å². The highest BCUT2D eigenvalue weighted by molar-refractivity contribution is 5.84. The van der Waals surface area contributed by atoms with Crippen LogP contribution in [0.15, 0.2) is 0 Å². The molecule has 0 aromatic heterocycles. The molecule has 14 heavy (non-hydrogen) atoms. The number of hydrogen-bond acceptors (Lipinski definition) is 3. The first-order chi connectivity index (χ1) is 6.79. The van der Waals surface area contributed by atoms with Crippen molar-refractivity contribution in [1.82, 2.24) is 4.90 Å². The summed E-state index contributed by atoms with van der Waals surface area (Å²) in [5.74, 6) is 0.345. The van der Waals surface area contributed by atoms with E-state index < -0.39 is 0 Å². The molecule has 0 aromatic rings. The molecule has 0 bridgehead atoms. The van der Waals surface area contributed by atoms with Gasteiger partial charge in [0, 0.05) is 13.0 Å². The van der Waals surface area contributed by atoms with Gasteiger partial charge in [0.1, 0.15) is 12.0 Å². The third-order valence-electron chi connectivity index (χ3n) is 3.43. The van der Waals surface area contributed by atoms with Gasteiger partial charge in [-0.05, 0) is 32.1 Å². The van der Waals surface area contributed by atoms with E-state index in [-0.39, 0.29) is 12.3 Å². The summed E-state index contributed by atoms with van der Waals surface area (Å²) in [6.45, 7) is 0.900. The summed E-state index contributed by atoms with van der Waals surface area (Å²) in [6.07, 6.45) is 6.54. The predicted molar refractivity (Wildman–Crippen MR) is 53.8 cm³/mol. The molecule has 2 fully saturated rings. The quantitative estimate of drug-likeness (QED) is 0.689. The Morgan fingerprint density at radius 2 is 1.93 bits per heavy atom. The van der Waals surface area contributed by atoms with Crippen molar-refractivity contribution >= 4 is 5.78 Å². The first-order valence-corrected chi connectivity index (χ1v) is 5.75. The molecule has 1 saturated carbocycles. The average Bonchev–Trinajstić information content (AvgIpc) is 2.20. The van der Waals surface area contributed by atoms with Crippen LogP contribution in [0.3, 0.4) is 0 Å². The Morgan fingerprint density at radius 3 is 2.64 bits per heavy atom. The first-order valence-electron chi connectivity index (χ1n) is 5.75. The molecule has 0 spiro atoms. The van der Waals surface area contributed by atoms with Crippen LogP contribution in [0.4, 0.5) is 0 Å². The number of hydrogen-bond donors (Lipinski definition) is 1. The van der Waals surface area contributed by atoms with Gasteiger partial charge in [0.2, 0.25) is 0 Å². The lowest BCUT2D eigenvalue weighted by Crippen LogP contribution is -2.50. The molecule has 2 rings (SSSR count). The second-order valence-corrected chi connectivity index (χ2v) is 4.44. The molecule has 1 heterocycles. The third-order valence-corrected chi connectivity index (χ3v) is 3.43. The van der Waals surface area contributed by atoms with Crippen molar-refractivity contribution in [1.29, 1.82) is 0 Å². The van der Waals surface area contributed by atoms with Crippen LogP contribution in [0.25, 0.3) is 0 Å². The maximum Gasteiger partial charge on any atom is 0.150 e. The molecular formula is C11H19NO2. The molecular weight excluding hydrogens is 178 g/mol. The van der Waals surface area contributed by atoms with E-state index in [1.54, 1.807) is 0 Å². The van der Waals surface area contributed by atoms with Gasteiger partial charge in [-0.15, -0.1) is 0 Å². The molecule has 1 aliphatic carbocycles. The minimum Gasteiger partial charge on any atom is -0.378 e. The lowest BCUT2D eigenvalue weighted by molar-refractivity contribution is -0.134. The summed E-state index contributed by atoms with van der Waals surface area (Å²) >= 11 is 0. The molecule has 80 valence electrons. The Hall–Kier alpha value is -0.410. The number of rotatable bonds is 1. The minimum absolute atomic E-state index is 0.0269. The van der Waals surface area contributed by atoms with E-state index in [4.69, 9.17) is 0 Å². The zero-order valence-corrected chi connectivity index (χ0v) is 8.61. The van der Waals surface area contributed by atoms with E-state index in [0.717, 1.165) is 45.1 Å². The lowest BCUT2D eigenvalue weighted by atomic mass is 9.91. The zero-order valence-electron chi connectivity index (χ0n) is 8.61. The van der Waals surface area contributed by atoms with Crippen LogP contribution in [0.1, 0.15) is 44.9 Å². The fourth-order valence-electron chi connectivity index (χ4n) is 2.61. The smallest absolute Gasteiger partial charge is 0.150 e. The van der Waals surface area contributed by atoms with Crippen molar-refractivity contribution in [2.24, 2.45) is 0 Å². The van der Waals surface area contributed by atoms with Crippen LogP contribution in [-0.2, 0) is 4.79 Å². The van der Waals surface area contributed by atoms with E-state index in [1.165, 1.54) is 0 Å². The van der Waals surface area contributed by atoms with Gasteiger partial charge in [0.05, 0.1) is 6.04 Å². The van der Waals surface area contributed by atoms with Crippen molar-refractivity contribution in [3.8, 4) is 0 Å². The van der Waals surface area contributed by atoms with Crippen LogP contribution < -0.4 is 0 Å². The van der Waals surface area contributed by atoms with E-state index in [9.17, 15) is 9.90 Å². The summed E-state index contributed by atoms with van der Waals surface area (Å²) in [4.78, 5) is 13.7. The van der Waals surface area contributed by atoms with Gasteiger partial charge in [0.15, 0.2) is 0 Å². The molecule has 1 N–H and O–H groups in total. The van der Waals surface area contributed by atoms with Crippen LogP contribution >= 0.6 is 0 Å². The number of piperidine rings is 1. The molecule has 0 radical (unpaired) electrons. The monoisotopic (exact) mass is 197 g/mol. The first kappa shape index (κ1) is 10.1. The standard InChI is InChI=1S/C11H19NO2/c13-10-6-2-1-5-9(10)12-8-4-3-7-11(12)14/h9,11,14H,1-8H2. The number of carbonyl (C=O) groups is 1. The minimum atomic E-state index is -0.365. The largest absolute Gasteiger partial charge is 0.378 e. The van der Waals surface area contributed by atoms with Crippen molar-refractivity contribution in [2.75, 3.05) is 6.54 Å². The summed E-state index contributed by atoms with van der Waals surface area (Å²) < 4.78 is 0. The zero-order chi connectivity index (χ0) is 9.97. The number of aliphatic hydroxyl groups excluding tert-OH is 1. The molecule has 3 heteroatoms. The van der Waals surface area contributed by atoms with Crippen LogP contribution in [0.5, 0.6) is 0 Å². The maximum absolute atomic E-state index is 11.7. The molecule has 0 aromatic carbocycles. The molecule has 1 aliphatic heterocycles. The number of Topliss-reactive ketones (excluding diaryl/α,β-unsaturated/α-hetero) is 1. The average molecular weight is 197 g/mol. The normalized spacial score (nSPS) is 35.9. The Balaban J connectivity index is 2.00. The van der Waals surface area contributed by atoms with E-state index in [0.29, 0.717) is 12.2 Å². The molecule has 2 aliphatic rings. The lowest BCUT2D eigenvalue weighted by Gasteiger charge is -2.39. The highest BCUT2D eigenvalue weighted by Gasteiger charge is 2.33. The number of aliphatic hydroxyl groups is 1. The third kappa shape index (κ3) is 1.98. The Labute approximate surface area is 85.1 Å². The fourth-order valence-corrected chi connectivity index (χ4v) is 2.61. The van der Waals surface area contributed by atoms with Crippen LogP contribution in [-0.4, -0.2) is 34.6 Å².